The second-order valence-electron chi connectivity index (χ2n) is 9.23. The summed E-state index contributed by atoms with van der Waals surface area (Å²) in [6.07, 6.45) is 4.13. The van der Waals surface area contributed by atoms with Crippen LogP contribution in [0.3, 0.4) is 0 Å². The highest BCUT2D eigenvalue weighted by Crippen LogP contribution is 2.26. The van der Waals surface area contributed by atoms with Gasteiger partial charge in [0, 0.05) is 36.3 Å². The van der Waals surface area contributed by atoms with Crippen LogP contribution >= 0.6 is 0 Å². The molecule has 8 nitrogen and oxygen atoms in total. The minimum absolute atomic E-state index is 0.196. The van der Waals surface area contributed by atoms with Crippen molar-refractivity contribution in [3.8, 4) is 11.1 Å². The molecule has 3 aromatic heterocycles. The fourth-order valence-corrected chi connectivity index (χ4v) is 4.63. The highest BCUT2D eigenvalue weighted by atomic mass is 16.4. The predicted octanol–water partition coefficient (Wildman–Crippen LogP) is 5.16. The Morgan fingerprint density at radius 1 is 0.846 bits per heavy atom. The molecule has 3 aromatic carbocycles. The van der Waals surface area contributed by atoms with Gasteiger partial charge in [0.25, 0.3) is 5.91 Å². The number of rotatable bonds is 7. The van der Waals surface area contributed by atoms with Crippen LogP contribution in [0, 0.1) is 0 Å². The lowest BCUT2D eigenvalue weighted by Crippen LogP contribution is -2.24. The number of fused-ring (bicyclic) bond motifs is 2. The van der Waals surface area contributed by atoms with Crippen molar-refractivity contribution in [2.24, 2.45) is 0 Å². The number of carbonyl (C=O) groups is 2. The second-order valence-corrected chi connectivity index (χ2v) is 9.23. The molecule has 0 atom stereocenters. The van der Waals surface area contributed by atoms with Crippen LogP contribution in [-0.2, 0) is 13.0 Å². The number of benzene rings is 3. The van der Waals surface area contributed by atoms with E-state index in [0.29, 0.717) is 23.2 Å². The molecule has 0 saturated heterocycles. The molecule has 2 N–H and O–H groups in total. The summed E-state index contributed by atoms with van der Waals surface area (Å²) >= 11 is 0. The highest BCUT2D eigenvalue weighted by molar-refractivity contribution is 6.02. The maximum atomic E-state index is 13.6. The summed E-state index contributed by atoms with van der Waals surface area (Å²) in [6, 6.07) is 28.1. The van der Waals surface area contributed by atoms with Gasteiger partial charge in [-0.05, 0) is 47.0 Å². The quantitative estimate of drug-likeness (QED) is 0.305. The van der Waals surface area contributed by atoms with Gasteiger partial charge in [-0.3, -0.25) is 9.78 Å². The first-order chi connectivity index (χ1) is 19.0. The molecule has 0 radical (unpaired) electrons. The predicted molar refractivity (Wildman–Crippen MR) is 148 cm³/mol. The molecule has 6 aromatic rings. The summed E-state index contributed by atoms with van der Waals surface area (Å²) < 4.78 is 1.66. The lowest BCUT2D eigenvalue weighted by Gasteiger charge is -2.11. The largest absolute Gasteiger partial charge is 0.478 e. The summed E-state index contributed by atoms with van der Waals surface area (Å²) in [4.78, 5) is 29.2. The first-order valence-electron chi connectivity index (χ1n) is 12.4. The number of hydrogen-bond donors (Lipinski definition) is 2. The van der Waals surface area contributed by atoms with Gasteiger partial charge in [-0.2, -0.15) is 0 Å². The number of nitrogens with one attached hydrogen (secondary N) is 1. The zero-order valence-electron chi connectivity index (χ0n) is 20.8. The Kier molecular flexibility index (Phi) is 6.26. The standard InChI is InChI=1S/C31H23N5O3/c37-30(33-18-20-8-12-24(13-9-20)31(38)39)26-17-25(22-5-2-1-3-6-22)19-36-29(26)28(34-35-36)16-21-10-11-23-7-4-14-32-27(23)15-21/h1-15,17,19H,16,18H2,(H,33,37)(H,38,39). The van der Waals surface area contributed by atoms with Crippen LogP contribution < -0.4 is 5.32 Å². The number of aromatic nitrogens is 4. The molecule has 6 rings (SSSR count). The van der Waals surface area contributed by atoms with E-state index in [9.17, 15) is 9.59 Å². The van der Waals surface area contributed by atoms with Crippen molar-refractivity contribution in [1.82, 2.24) is 25.1 Å². The maximum Gasteiger partial charge on any atom is 0.335 e. The van der Waals surface area contributed by atoms with Crippen molar-refractivity contribution in [3.63, 3.8) is 0 Å². The number of pyridine rings is 2. The van der Waals surface area contributed by atoms with Crippen LogP contribution in [0.15, 0.2) is 103 Å². The van der Waals surface area contributed by atoms with Crippen LogP contribution in [0.4, 0.5) is 0 Å². The molecule has 8 heteroatoms. The average Bonchev–Trinajstić information content (AvgIpc) is 3.38. The number of carboxylic acids is 1. The van der Waals surface area contributed by atoms with Crippen molar-refractivity contribution in [2.75, 3.05) is 0 Å². The third kappa shape index (κ3) is 4.95. The summed E-state index contributed by atoms with van der Waals surface area (Å²) in [5.41, 5.74) is 6.46. The van der Waals surface area contributed by atoms with Gasteiger partial charge in [0.05, 0.1) is 22.3 Å². The van der Waals surface area contributed by atoms with E-state index in [1.807, 2.05) is 72.9 Å². The molecule has 1 amide bonds. The van der Waals surface area contributed by atoms with E-state index in [-0.39, 0.29) is 18.0 Å². The molecule has 0 bridgehead atoms. The van der Waals surface area contributed by atoms with E-state index in [1.165, 1.54) is 12.1 Å². The van der Waals surface area contributed by atoms with Gasteiger partial charge in [0.15, 0.2) is 0 Å². The van der Waals surface area contributed by atoms with Crippen molar-refractivity contribution in [1.29, 1.82) is 0 Å². The fourth-order valence-electron chi connectivity index (χ4n) is 4.63. The Bertz CT molecular complexity index is 1830. The van der Waals surface area contributed by atoms with E-state index in [1.54, 1.807) is 22.8 Å². The van der Waals surface area contributed by atoms with Crippen LogP contribution in [0.1, 0.15) is 37.5 Å². The highest BCUT2D eigenvalue weighted by Gasteiger charge is 2.19. The van der Waals surface area contributed by atoms with Gasteiger partial charge < -0.3 is 10.4 Å². The van der Waals surface area contributed by atoms with Crippen molar-refractivity contribution in [2.45, 2.75) is 13.0 Å². The maximum absolute atomic E-state index is 13.6. The molecular formula is C31H23N5O3. The van der Waals surface area contributed by atoms with E-state index < -0.39 is 5.97 Å². The number of amides is 1. The zero-order chi connectivity index (χ0) is 26.8. The lowest BCUT2D eigenvalue weighted by molar-refractivity contribution is 0.0696. The number of nitrogens with zero attached hydrogens (tertiary/aromatic N) is 4. The third-order valence-electron chi connectivity index (χ3n) is 6.63. The molecule has 3 heterocycles. The first-order valence-corrected chi connectivity index (χ1v) is 12.4. The minimum atomic E-state index is -0.992. The van der Waals surface area contributed by atoms with E-state index >= 15 is 0 Å². The van der Waals surface area contributed by atoms with Gasteiger partial charge in [-0.15, -0.1) is 5.10 Å². The van der Waals surface area contributed by atoms with E-state index in [4.69, 9.17) is 5.11 Å². The first kappa shape index (κ1) is 24.0. The number of carbonyl (C=O) groups excluding carboxylic acids is 1. The number of hydrogen-bond acceptors (Lipinski definition) is 5. The smallest absolute Gasteiger partial charge is 0.335 e. The summed E-state index contributed by atoms with van der Waals surface area (Å²) in [5.74, 6) is -1.27. The molecule has 0 aliphatic carbocycles. The minimum Gasteiger partial charge on any atom is -0.478 e. The van der Waals surface area contributed by atoms with Crippen LogP contribution in [0.2, 0.25) is 0 Å². The van der Waals surface area contributed by atoms with Crippen LogP contribution in [0.25, 0.3) is 27.5 Å². The monoisotopic (exact) mass is 513 g/mol. The van der Waals surface area contributed by atoms with E-state index in [2.05, 4.69) is 20.6 Å². The van der Waals surface area contributed by atoms with Crippen molar-refractivity contribution >= 4 is 28.3 Å². The lowest BCUT2D eigenvalue weighted by atomic mass is 10.0. The number of aromatic carboxylic acids is 1. The third-order valence-corrected chi connectivity index (χ3v) is 6.63. The van der Waals surface area contributed by atoms with Crippen LogP contribution in [0.5, 0.6) is 0 Å². The van der Waals surface area contributed by atoms with E-state index in [0.717, 1.165) is 33.2 Å². The summed E-state index contributed by atoms with van der Waals surface area (Å²) in [7, 11) is 0. The molecule has 0 fully saturated rings. The topological polar surface area (TPSA) is 109 Å². The molecule has 39 heavy (non-hydrogen) atoms. The van der Waals surface area contributed by atoms with Gasteiger partial charge in [-0.25, -0.2) is 9.31 Å². The molecule has 0 aliphatic heterocycles. The van der Waals surface area contributed by atoms with Gasteiger partial charge >= 0.3 is 5.97 Å². The normalized spacial score (nSPS) is 11.1. The molecule has 0 unspecified atom stereocenters. The Labute approximate surface area is 223 Å². The Hall–Kier alpha value is -5.37. The van der Waals surface area contributed by atoms with Crippen LogP contribution in [-0.4, -0.2) is 36.8 Å². The Balaban J connectivity index is 1.36. The summed E-state index contributed by atoms with van der Waals surface area (Å²) in [6.45, 7) is 0.244. The molecule has 0 saturated carbocycles. The second kappa shape index (κ2) is 10.2. The molecule has 0 spiro atoms. The molecule has 190 valence electrons. The zero-order valence-corrected chi connectivity index (χ0v) is 20.8. The Morgan fingerprint density at radius 3 is 2.44 bits per heavy atom. The average molecular weight is 514 g/mol. The van der Waals surface area contributed by atoms with Crippen molar-refractivity contribution in [3.05, 3.63) is 131 Å². The fraction of sp³-hybridized carbons (Fsp3) is 0.0645. The molecular weight excluding hydrogens is 490 g/mol. The SMILES string of the molecule is O=C(O)c1ccc(CNC(=O)c2cc(-c3ccccc3)cn3nnc(Cc4ccc5cccnc5c4)c23)cc1. The summed E-state index contributed by atoms with van der Waals surface area (Å²) in [5, 5.41) is 22.0. The Morgan fingerprint density at radius 2 is 1.64 bits per heavy atom. The van der Waals surface area contributed by atoms with Gasteiger partial charge in [-0.1, -0.05) is 65.9 Å². The van der Waals surface area contributed by atoms with Gasteiger partial charge in [0.1, 0.15) is 5.52 Å². The number of carboxylic acid groups (broad SMARTS) is 1. The van der Waals surface area contributed by atoms with Crippen molar-refractivity contribution < 1.29 is 14.7 Å². The molecule has 0 aliphatic rings. The van der Waals surface area contributed by atoms with Gasteiger partial charge in [0.2, 0.25) is 0 Å².